The van der Waals surface area contributed by atoms with Gasteiger partial charge in [0.2, 0.25) is 0 Å². The molecule has 1 aromatic rings. The van der Waals surface area contributed by atoms with Gasteiger partial charge in [0.15, 0.2) is 0 Å². The van der Waals surface area contributed by atoms with Crippen LogP contribution in [0, 0.1) is 0 Å². The van der Waals surface area contributed by atoms with Crippen molar-refractivity contribution in [1.29, 1.82) is 0 Å². The molecular weight excluding hydrogens is 304 g/mol. The molecule has 0 spiro atoms. The van der Waals surface area contributed by atoms with Gasteiger partial charge >= 0.3 is 0 Å². The summed E-state index contributed by atoms with van der Waals surface area (Å²) in [4.78, 5) is 5.35. The van der Waals surface area contributed by atoms with Gasteiger partial charge in [-0.1, -0.05) is 64.0 Å². The summed E-state index contributed by atoms with van der Waals surface area (Å²) in [5.74, 6) is 0. The fourth-order valence-electron chi connectivity index (χ4n) is 4.60. The number of rotatable bonds is 8. The first kappa shape index (κ1) is 18.8. The Bertz CT molecular complexity index is 467. The number of benzene rings is 1. The van der Waals surface area contributed by atoms with Crippen LogP contribution in [-0.2, 0) is 6.42 Å². The normalized spacial score (nSPS) is 20.1. The quantitative estimate of drug-likeness (QED) is 0.563. The second-order valence-corrected chi connectivity index (χ2v) is 8.15. The Hall–Kier alpha value is -1.02. The third kappa shape index (κ3) is 5.74. The van der Waals surface area contributed by atoms with Gasteiger partial charge in [-0.15, -0.1) is 0 Å². The molecular formula is C23H38N2. The van der Waals surface area contributed by atoms with Crippen molar-refractivity contribution in [2.45, 2.75) is 83.6 Å². The van der Waals surface area contributed by atoms with Crippen LogP contribution >= 0.6 is 0 Å². The molecule has 1 heterocycles. The van der Waals surface area contributed by atoms with Crippen LogP contribution in [0.15, 0.2) is 24.3 Å². The highest BCUT2D eigenvalue weighted by atomic mass is 15.3. The summed E-state index contributed by atoms with van der Waals surface area (Å²) in [6, 6.07) is 10.3. The van der Waals surface area contributed by atoms with Crippen LogP contribution in [0.25, 0.3) is 0 Å². The zero-order valence-corrected chi connectivity index (χ0v) is 16.4. The lowest BCUT2D eigenvalue weighted by Crippen LogP contribution is -2.50. The Morgan fingerprint density at radius 2 is 1.48 bits per heavy atom. The number of anilines is 1. The predicted molar refractivity (Wildman–Crippen MR) is 110 cm³/mol. The summed E-state index contributed by atoms with van der Waals surface area (Å²) in [7, 11) is 0. The fraction of sp³-hybridized carbons (Fsp3) is 0.739. The topological polar surface area (TPSA) is 6.48 Å². The van der Waals surface area contributed by atoms with E-state index in [0.29, 0.717) is 0 Å². The summed E-state index contributed by atoms with van der Waals surface area (Å²) >= 11 is 0. The van der Waals surface area contributed by atoms with Gasteiger partial charge in [-0.25, -0.2) is 0 Å². The molecule has 0 unspecified atom stereocenters. The standard InChI is InChI=1S/C23H38N2/c1-2-3-4-5-7-10-21-13-15-23(16-14-21)25-19-17-24(18-20-25)22-11-8-6-9-12-22/h13-16,22H,2-12,17-20H2,1H3. The number of piperazine rings is 1. The van der Waals surface area contributed by atoms with E-state index in [-0.39, 0.29) is 0 Å². The van der Waals surface area contributed by atoms with E-state index in [1.54, 1.807) is 0 Å². The maximum absolute atomic E-state index is 2.76. The number of nitrogens with zero attached hydrogens (tertiary/aromatic N) is 2. The molecule has 0 atom stereocenters. The van der Waals surface area contributed by atoms with Crippen LogP contribution in [0.2, 0.25) is 0 Å². The molecule has 2 nitrogen and oxygen atoms in total. The van der Waals surface area contributed by atoms with E-state index in [0.717, 1.165) is 6.04 Å². The van der Waals surface area contributed by atoms with Crippen LogP contribution in [-0.4, -0.2) is 37.1 Å². The number of hydrogen-bond acceptors (Lipinski definition) is 2. The second kappa shape index (κ2) is 10.2. The predicted octanol–water partition coefficient (Wildman–Crippen LogP) is 5.65. The number of aryl methyl sites for hydroxylation is 1. The summed E-state index contributed by atoms with van der Waals surface area (Å²) < 4.78 is 0. The minimum absolute atomic E-state index is 0.881. The van der Waals surface area contributed by atoms with E-state index >= 15 is 0 Å². The maximum atomic E-state index is 2.76. The zero-order chi connectivity index (χ0) is 17.3. The first-order valence-corrected chi connectivity index (χ1v) is 10.9. The lowest BCUT2D eigenvalue weighted by Gasteiger charge is -2.41. The zero-order valence-electron chi connectivity index (χ0n) is 16.4. The first-order valence-electron chi connectivity index (χ1n) is 10.9. The van der Waals surface area contributed by atoms with Crippen LogP contribution in [0.1, 0.15) is 76.7 Å². The van der Waals surface area contributed by atoms with Crippen molar-refractivity contribution >= 4 is 5.69 Å². The highest BCUT2D eigenvalue weighted by molar-refractivity contribution is 5.48. The Morgan fingerprint density at radius 3 is 2.16 bits per heavy atom. The second-order valence-electron chi connectivity index (χ2n) is 8.15. The van der Waals surface area contributed by atoms with Gasteiger partial charge in [0, 0.05) is 37.9 Å². The van der Waals surface area contributed by atoms with Crippen molar-refractivity contribution in [3.63, 3.8) is 0 Å². The Labute approximate surface area is 155 Å². The number of hydrogen-bond donors (Lipinski definition) is 0. The molecule has 0 N–H and O–H groups in total. The summed E-state index contributed by atoms with van der Waals surface area (Å²) in [6.45, 7) is 7.20. The van der Waals surface area contributed by atoms with Gasteiger partial charge in [0.25, 0.3) is 0 Å². The Balaban J connectivity index is 1.40. The van der Waals surface area contributed by atoms with Crippen molar-refractivity contribution in [3.8, 4) is 0 Å². The van der Waals surface area contributed by atoms with Crippen molar-refractivity contribution in [1.82, 2.24) is 4.90 Å². The molecule has 1 aliphatic carbocycles. The highest BCUT2D eigenvalue weighted by Crippen LogP contribution is 2.25. The highest BCUT2D eigenvalue weighted by Gasteiger charge is 2.25. The molecule has 0 radical (unpaired) electrons. The van der Waals surface area contributed by atoms with E-state index in [2.05, 4.69) is 41.0 Å². The van der Waals surface area contributed by atoms with Gasteiger partial charge in [-0.3, -0.25) is 4.90 Å². The van der Waals surface area contributed by atoms with E-state index in [1.807, 2.05) is 0 Å². The molecule has 0 amide bonds. The summed E-state index contributed by atoms with van der Waals surface area (Å²) in [6.07, 6.45) is 15.4. The van der Waals surface area contributed by atoms with Gasteiger partial charge in [0.05, 0.1) is 0 Å². The molecule has 1 aromatic carbocycles. The first-order chi connectivity index (χ1) is 12.4. The lowest BCUT2D eigenvalue weighted by atomic mass is 9.94. The molecule has 2 aliphatic rings. The maximum Gasteiger partial charge on any atom is 0.0367 e. The molecule has 2 heteroatoms. The van der Waals surface area contributed by atoms with Gasteiger partial charge in [0.1, 0.15) is 0 Å². The molecule has 1 saturated carbocycles. The minimum atomic E-state index is 0.881. The van der Waals surface area contributed by atoms with Crippen molar-refractivity contribution in [2.24, 2.45) is 0 Å². The fourth-order valence-corrected chi connectivity index (χ4v) is 4.60. The monoisotopic (exact) mass is 342 g/mol. The molecule has 1 aliphatic heterocycles. The van der Waals surface area contributed by atoms with Crippen LogP contribution in [0.5, 0.6) is 0 Å². The average Bonchev–Trinajstić information content (AvgIpc) is 2.69. The largest absolute Gasteiger partial charge is 0.369 e. The van der Waals surface area contributed by atoms with Gasteiger partial charge < -0.3 is 4.90 Å². The summed E-state index contributed by atoms with van der Waals surface area (Å²) in [5, 5.41) is 0. The minimum Gasteiger partial charge on any atom is -0.369 e. The molecule has 1 saturated heterocycles. The van der Waals surface area contributed by atoms with Crippen molar-refractivity contribution in [2.75, 3.05) is 31.1 Å². The van der Waals surface area contributed by atoms with Gasteiger partial charge in [-0.05, 0) is 43.4 Å². The van der Waals surface area contributed by atoms with Crippen LogP contribution < -0.4 is 4.90 Å². The Kier molecular flexibility index (Phi) is 7.66. The molecule has 0 aromatic heterocycles. The van der Waals surface area contributed by atoms with E-state index in [9.17, 15) is 0 Å². The lowest BCUT2D eigenvalue weighted by molar-refractivity contribution is 0.148. The Morgan fingerprint density at radius 1 is 0.800 bits per heavy atom. The molecule has 140 valence electrons. The van der Waals surface area contributed by atoms with E-state index in [4.69, 9.17) is 0 Å². The number of unbranched alkanes of at least 4 members (excludes halogenated alkanes) is 4. The van der Waals surface area contributed by atoms with Crippen LogP contribution in [0.4, 0.5) is 5.69 Å². The van der Waals surface area contributed by atoms with Crippen LogP contribution in [0.3, 0.4) is 0 Å². The van der Waals surface area contributed by atoms with Crippen molar-refractivity contribution in [3.05, 3.63) is 29.8 Å². The molecule has 2 fully saturated rings. The van der Waals surface area contributed by atoms with E-state index in [1.165, 1.54) is 108 Å². The van der Waals surface area contributed by atoms with Crippen molar-refractivity contribution < 1.29 is 0 Å². The molecule has 0 bridgehead atoms. The van der Waals surface area contributed by atoms with E-state index < -0.39 is 0 Å². The SMILES string of the molecule is CCCCCCCc1ccc(N2CCN(C3CCCCC3)CC2)cc1. The average molecular weight is 343 g/mol. The van der Waals surface area contributed by atoms with Gasteiger partial charge in [-0.2, -0.15) is 0 Å². The third-order valence-corrected chi connectivity index (χ3v) is 6.28. The molecule has 25 heavy (non-hydrogen) atoms. The smallest absolute Gasteiger partial charge is 0.0367 e. The summed E-state index contributed by atoms with van der Waals surface area (Å²) in [5.41, 5.74) is 2.94. The third-order valence-electron chi connectivity index (χ3n) is 6.28. The molecule has 3 rings (SSSR count).